The number of hydrogen-bond donors (Lipinski definition) is 0. The summed E-state index contributed by atoms with van der Waals surface area (Å²) in [6.45, 7) is 0.348. The average molecular weight is 535 g/mol. The standard InChI is InChI=1S/C21H19F2N7O6S/c22-15-9-13(28-12-14(36-21(28)32)11-27-4-3-24-25-27)10-16(23)19(15)26-5-6-29(35-8-7-26)20(31)17-1-2-18(37-17)30(33)34/h1-4,9-10,14H,5-8,11-12H2/t14-/m0/s1. The number of amides is 2. The number of nitrogens with zero attached hydrogens (tertiary/aromatic N) is 7. The van der Waals surface area contributed by atoms with Crippen molar-refractivity contribution in [2.24, 2.45) is 0 Å². The normalized spacial score (nSPS) is 18.2. The minimum Gasteiger partial charge on any atom is -0.442 e. The predicted molar refractivity (Wildman–Crippen MR) is 124 cm³/mol. The number of rotatable bonds is 6. The molecule has 0 radical (unpaired) electrons. The Balaban J connectivity index is 1.27. The fourth-order valence-corrected chi connectivity index (χ4v) is 4.83. The molecule has 13 nitrogen and oxygen atoms in total. The molecule has 2 amide bonds. The quantitative estimate of drug-likeness (QED) is 0.344. The topological polar surface area (TPSA) is 136 Å². The van der Waals surface area contributed by atoms with Gasteiger partial charge in [0.1, 0.15) is 16.7 Å². The summed E-state index contributed by atoms with van der Waals surface area (Å²) in [4.78, 5) is 43.4. The van der Waals surface area contributed by atoms with Crippen LogP contribution >= 0.6 is 11.3 Å². The van der Waals surface area contributed by atoms with E-state index in [1.165, 1.54) is 27.9 Å². The van der Waals surface area contributed by atoms with E-state index in [4.69, 9.17) is 9.57 Å². The molecule has 0 bridgehead atoms. The lowest BCUT2D eigenvalue weighted by Gasteiger charge is -2.24. The van der Waals surface area contributed by atoms with Crippen molar-refractivity contribution < 1.29 is 32.9 Å². The number of hydroxylamine groups is 2. The van der Waals surface area contributed by atoms with Gasteiger partial charge in [-0.3, -0.25) is 24.6 Å². The maximum absolute atomic E-state index is 15.1. The number of thiophene rings is 1. The van der Waals surface area contributed by atoms with E-state index in [1.807, 2.05) is 0 Å². The first-order valence-electron chi connectivity index (χ1n) is 11.1. The maximum atomic E-state index is 15.1. The van der Waals surface area contributed by atoms with Gasteiger partial charge in [0.05, 0.1) is 43.0 Å². The zero-order valence-corrected chi connectivity index (χ0v) is 19.8. The van der Waals surface area contributed by atoms with Gasteiger partial charge in [-0.05, 0) is 6.07 Å². The van der Waals surface area contributed by atoms with Crippen molar-refractivity contribution in [1.29, 1.82) is 0 Å². The second-order valence-electron chi connectivity index (χ2n) is 8.12. The molecule has 194 valence electrons. The van der Waals surface area contributed by atoms with Crippen LogP contribution in [0.15, 0.2) is 36.7 Å². The average Bonchev–Trinajstić information content (AvgIpc) is 3.58. The molecule has 3 aromatic rings. The Morgan fingerprint density at radius 3 is 2.68 bits per heavy atom. The number of carbonyl (C=O) groups is 2. The molecule has 0 aliphatic carbocycles. The van der Waals surface area contributed by atoms with Gasteiger partial charge in [0.2, 0.25) is 0 Å². The summed E-state index contributed by atoms with van der Waals surface area (Å²) in [5.74, 6) is -2.36. The third-order valence-corrected chi connectivity index (χ3v) is 6.78. The van der Waals surface area contributed by atoms with Gasteiger partial charge < -0.3 is 9.64 Å². The van der Waals surface area contributed by atoms with Crippen molar-refractivity contribution >= 4 is 39.7 Å². The van der Waals surface area contributed by atoms with Gasteiger partial charge in [-0.1, -0.05) is 16.6 Å². The number of hydrogen-bond acceptors (Lipinski definition) is 10. The maximum Gasteiger partial charge on any atom is 0.414 e. The number of benzene rings is 1. The lowest BCUT2D eigenvalue weighted by molar-refractivity contribution is -0.380. The number of nitro groups is 1. The van der Waals surface area contributed by atoms with E-state index >= 15 is 8.78 Å². The highest BCUT2D eigenvalue weighted by molar-refractivity contribution is 7.17. The van der Waals surface area contributed by atoms with E-state index in [0.29, 0.717) is 11.3 Å². The fourth-order valence-electron chi connectivity index (χ4n) is 4.07. The van der Waals surface area contributed by atoms with Crippen LogP contribution in [0.4, 0.5) is 30.0 Å². The van der Waals surface area contributed by atoms with E-state index in [-0.39, 0.29) is 60.6 Å². The Morgan fingerprint density at radius 1 is 1.22 bits per heavy atom. The van der Waals surface area contributed by atoms with Gasteiger partial charge in [-0.2, -0.15) is 0 Å². The number of cyclic esters (lactones) is 1. The smallest absolute Gasteiger partial charge is 0.414 e. The number of carbonyl (C=O) groups excluding carboxylic acids is 2. The fraction of sp³-hybridized carbons (Fsp3) is 0.333. The highest BCUT2D eigenvalue weighted by atomic mass is 32.1. The van der Waals surface area contributed by atoms with Crippen LogP contribution in [0.3, 0.4) is 0 Å². The molecule has 2 aliphatic heterocycles. The molecule has 2 aromatic heterocycles. The van der Waals surface area contributed by atoms with Crippen LogP contribution < -0.4 is 9.80 Å². The second-order valence-corrected chi connectivity index (χ2v) is 9.18. The van der Waals surface area contributed by atoms with E-state index in [2.05, 4.69) is 10.3 Å². The molecule has 16 heteroatoms. The Labute approximate surface area is 211 Å². The number of aromatic nitrogens is 3. The first-order chi connectivity index (χ1) is 17.8. The van der Waals surface area contributed by atoms with Crippen LogP contribution in [0.5, 0.6) is 0 Å². The molecule has 0 unspecified atom stereocenters. The van der Waals surface area contributed by atoms with Gasteiger partial charge in [-0.25, -0.2) is 23.3 Å². The number of ether oxygens (including phenoxy) is 1. The predicted octanol–water partition coefficient (Wildman–Crippen LogP) is 2.45. The summed E-state index contributed by atoms with van der Waals surface area (Å²) in [5.41, 5.74) is -0.313. The molecule has 0 spiro atoms. The summed E-state index contributed by atoms with van der Waals surface area (Å²) in [6, 6.07) is 4.66. The summed E-state index contributed by atoms with van der Waals surface area (Å²) < 4.78 is 37.1. The summed E-state index contributed by atoms with van der Waals surface area (Å²) >= 11 is 0.712. The van der Waals surface area contributed by atoms with Crippen LogP contribution in [-0.4, -0.2) is 75.9 Å². The Morgan fingerprint density at radius 2 is 2.00 bits per heavy atom. The summed E-state index contributed by atoms with van der Waals surface area (Å²) in [5, 5.41) is 19.2. The lowest BCUT2D eigenvalue weighted by Crippen LogP contribution is -2.34. The lowest BCUT2D eigenvalue weighted by atomic mass is 10.2. The monoisotopic (exact) mass is 535 g/mol. The molecule has 2 saturated heterocycles. The molecular formula is C21H19F2N7O6S. The highest BCUT2D eigenvalue weighted by Gasteiger charge is 2.34. The third kappa shape index (κ3) is 5.05. The van der Waals surface area contributed by atoms with Crippen LogP contribution in [-0.2, 0) is 16.1 Å². The molecular weight excluding hydrogens is 516 g/mol. The van der Waals surface area contributed by atoms with E-state index in [9.17, 15) is 19.7 Å². The first-order valence-corrected chi connectivity index (χ1v) is 11.9. The van der Waals surface area contributed by atoms with Crippen LogP contribution in [0.25, 0.3) is 0 Å². The van der Waals surface area contributed by atoms with E-state index in [1.54, 1.807) is 6.20 Å². The van der Waals surface area contributed by atoms with Gasteiger partial charge in [0, 0.05) is 37.5 Å². The van der Waals surface area contributed by atoms with Crippen molar-refractivity contribution in [3.8, 4) is 0 Å². The van der Waals surface area contributed by atoms with Gasteiger partial charge in [0.15, 0.2) is 11.6 Å². The number of anilines is 2. The van der Waals surface area contributed by atoms with Crippen molar-refractivity contribution in [3.05, 3.63) is 63.3 Å². The van der Waals surface area contributed by atoms with Gasteiger partial charge >= 0.3 is 11.1 Å². The number of halogens is 2. The first kappa shape index (κ1) is 24.5. The molecule has 2 aliphatic rings. The van der Waals surface area contributed by atoms with Gasteiger partial charge in [-0.15, -0.1) is 5.10 Å². The SMILES string of the molecule is O=C(c1ccc([N+](=O)[O-])s1)N1CCN(c2c(F)cc(N3C[C@H](Cn4ccnn4)OC3=O)cc2F)CCO1. The Kier molecular flexibility index (Phi) is 6.66. The molecule has 1 aromatic carbocycles. The highest BCUT2D eigenvalue weighted by Crippen LogP contribution is 2.32. The molecule has 37 heavy (non-hydrogen) atoms. The van der Waals surface area contributed by atoms with Crippen molar-refractivity contribution in [3.63, 3.8) is 0 Å². The van der Waals surface area contributed by atoms with Crippen LogP contribution in [0.1, 0.15) is 9.67 Å². The largest absolute Gasteiger partial charge is 0.442 e. The third-order valence-electron chi connectivity index (χ3n) is 5.76. The molecule has 0 saturated carbocycles. The zero-order chi connectivity index (χ0) is 26.1. The minimum absolute atomic E-state index is 0.00649. The zero-order valence-electron chi connectivity index (χ0n) is 19.0. The second kappa shape index (κ2) is 10.1. The van der Waals surface area contributed by atoms with Crippen LogP contribution in [0.2, 0.25) is 0 Å². The molecule has 4 heterocycles. The molecule has 1 atom stereocenters. The molecule has 2 fully saturated rings. The van der Waals surface area contributed by atoms with Crippen molar-refractivity contribution in [2.75, 3.05) is 42.6 Å². The Hall–Kier alpha value is -4.18. The molecule has 5 rings (SSSR count). The summed E-state index contributed by atoms with van der Waals surface area (Å²) in [7, 11) is 0. The van der Waals surface area contributed by atoms with Crippen LogP contribution in [0, 0.1) is 21.7 Å². The minimum atomic E-state index is -0.892. The summed E-state index contributed by atoms with van der Waals surface area (Å²) in [6.07, 6.45) is 1.78. The van der Waals surface area contributed by atoms with Crippen molar-refractivity contribution in [1.82, 2.24) is 20.1 Å². The van der Waals surface area contributed by atoms with E-state index in [0.717, 1.165) is 22.1 Å². The molecule has 0 N–H and O–H groups in total. The Bertz CT molecular complexity index is 1310. The van der Waals surface area contributed by atoms with E-state index < -0.39 is 34.7 Å². The van der Waals surface area contributed by atoms with Gasteiger partial charge in [0.25, 0.3) is 5.91 Å². The van der Waals surface area contributed by atoms with Crippen molar-refractivity contribution in [2.45, 2.75) is 12.6 Å².